The molecule has 0 N–H and O–H groups in total. The monoisotopic (exact) mass is 115 g/mol. The van der Waals surface area contributed by atoms with Gasteiger partial charge < -0.3 is 0 Å². The molecule has 0 nitrogen and oxygen atoms in total. The minimum absolute atomic E-state index is 0.389. The lowest BCUT2D eigenvalue weighted by molar-refractivity contribution is 0.851. The number of rotatable bonds is 6. The van der Waals surface area contributed by atoms with E-state index in [9.17, 15) is 0 Å². The Hall–Kier alpha value is 0.766. The quantitative estimate of drug-likeness (QED) is 0.368. The van der Waals surface area contributed by atoms with Gasteiger partial charge in [-0.05, 0) is 0 Å². The van der Waals surface area contributed by atoms with Gasteiger partial charge in [0.05, 0.1) is 0 Å². The third-order valence-electron chi connectivity index (χ3n) is 1.71. The summed E-state index contributed by atoms with van der Waals surface area (Å²) in [5.74, 6) is 0. The van der Waals surface area contributed by atoms with Crippen molar-refractivity contribution >= 4 is 20.4 Å². The van der Waals surface area contributed by atoms with Gasteiger partial charge in [-0.25, -0.2) is 0 Å². The summed E-state index contributed by atoms with van der Waals surface area (Å²) in [6, 6.07) is 0. The predicted octanol–water partition coefficient (Wildman–Crippen LogP) is 3.13. The Morgan fingerprint density at radius 1 is 0.889 bits per heavy atom. The maximum absolute atomic E-state index is 2.29. The third-order valence-corrected chi connectivity index (χ3v) is 3.71. The highest BCUT2D eigenvalue weighted by Crippen LogP contribution is 1.99. The molecule has 0 heterocycles. The van der Waals surface area contributed by atoms with Gasteiger partial charge in [-0.3, -0.25) is 0 Å². The van der Waals surface area contributed by atoms with E-state index in [1.807, 2.05) is 0 Å². The van der Waals surface area contributed by atoms with Gasteiger partial charge in [-0.2, -0.15) is 0 Å². The van der Waals surface area contributed by atoms with Crippen LogP contribution in [0.1, 0.15) is 39.5 Å². The van der Waals surface area contributed by atoms with E-state index in [2.05, 4.69) is 13.8 Å². The Kier molecular flexibility index (Phi) is 9.51. The standard InChI is InChI=1S/2C4H9.Mg/c2*1-3-4-2;/h2*1,3-4H2,2H3;/i;;1-23. The molecule has 0 aromatic heterocycles. The van der Waals surface area contributed by atoms with Crippen LogP contribution < -0.4 is 0 Å². The van der Waals surface area contributed by atoms with Gasteiger partial charge in [-0.1, -0.05) is 39.5 Å². The molecule has 0 atom stereocenters. The van der Waals surface area contributed by atoms with E-state index in [1.165, 1.54) is 25.7 Å². The second-order valence-electron chi connectivity index (χ2n) is 2.77. The summed E-state index contributed by atoms with van der Waals surface area (Å²) in [5, 5.41) is 0. The van der Waals surface area contributed by atoms with Gasteiger partial charge in [0.2, 0.25) is 0 Å². The van der Waals surface area contributed by atoms with Gasteiger partial charge in [-0.15, -0.1) is 9.10 Å². The van der Waals surface area contributed by atoms with Gasteiger partial charge in [0.1, 0.15) is 0 Å². The first-order valence-corrected chi connectivity index (χ1v) is 6.41. The molecule has 1 heteroatoms. The SMILES string of the molecule is CCC[CH2][1Mg][CH2]CCC. The molecule has 0 aromatic carbocycles. The van der Waals surface area contributed by atoms with Crippen molar-refractivity contribution in [3.63, 3.8) is 0 Å². The van der Waals surface area contributed by atoms with Crippen LogP contribution in [0.25, 0.3) is 0 Å². The average Bonchev–Trinajstić information content (AvgIpc) is 1.89. The predicted molar refractivity (Wildman–Crippen MR) is 45.2 cm³/mol. The first-order chi connectivity index (χ1) is 4.41. The Balaban J connectivity index is 2.60. The Morgan fingerprint density at radius 2 is 1.33 bits per heavy atom. The molecule has 0 radical (unpaired) electrons. The Labute approximate surface area is 69.1 Å². The fourth-order valence-corrected chi connectivity index (χ4v) is 3.09. The molecule has 0 bridgehead atoms. The largest absolute Gasteiger partial charge is 0.364 e. The lowest BCUT2D eigenvalue weighted by atomic mass is 0.820. The van der Waals surface area contributed by atoms with Gasteiger partial charge in [0.25, 0.3) is 0 Å². The average molecular weight is 115 g/mol. The van der Waals surface area contributed by atoms with Crippen LogP contribution in [0.4, 0.5) is 0 Å². The minimum Gasteiger partial charge on any atom is -0.146 e. The Bertz CT molecular complexity index is 37.8. The topological polar surface area (TPSA) is 0 Å². The van der Waals surface area contributed by atoms with E-state index in [0.29, 0.717) is 20.4 Å². The minimum atomic E-state index is 0.389. The number of hydrogen-bond donors (Lipinski definition) is 0. The molecule has 0 spiro atoms. The summed E-state index contributed by atoms with van der Waals surface area (Å²) < 4.78 is 3.19. The molecule has 0 amide bonds. The van der Waals surface area contributed by atoms with Gasteiger partial charge in [0.15, 0.2) is 0 Å². The maximum atomic E-state index is 2.29. The molecule has 0 unspecified atom stereocenters. The fraction of sp³-hybridized carbons (Fsp3) is 1.00. The van der Waals surface area contributed by atoms with Crippen molar-refractivity contribution in [2.24, 2.45) is 0 Å². The molecule has 0 fully saturated rings. The van der Waals surface area contributed by atoms with Crippen LogP contribution in [-0.4, -0.2) is 20.4 Å². The third kappa shape index (κ3) is 8.77. The molecule has 52 valence electrons. The second-order valence-corrected chi connectivity index (χ2v) is 4.89. The van der Waals surface area contributed by atoms with Crippen LogP contribution in [0, 0.1) is 0 Å². The number of hydrogen-bond acceptors (Lipinski definition) is 0. The highest BCUT2D eigenvalue weighted by atomic mass is 13.7. The van der Waals surface area contributed by atoms with Crippen molar-refractivity contribution in [2.45, 2.75) is 48.6 Å². The normalized spacial score (nSPS) is 9.11. The van der Waals surface area contributed by atoms with Gasteiger partial charge in [0, 0.05) is 0 Å². The van der Waals surface area contributed by atoms with Crippen molar-refractivity contribution in [3.05, 3.63) is 0 Å². The van der Waals surface area contributed by atoms with E-state index in [1.54, 1.807) is 9.10 Å². The summed E-state index contributed by atoms with van der Waals surface area (Å²) in [6.07, 6.45) is 5.80. The summed E-state index contributed by atoms with van der Waals surface area (Å²) in [5.41, 5.74) is 0. The summed E-state index contributed by atoms with van der Waals surface area (Å²) in [6.45, 7) is 4.57. The zero-order valence-corrected chi connectivity index (χ0v) is 8.36. The van der Waals surface area contributed by atoms with Crippen LogP contribution in [0.15, 0.2) is 0 Å². The van der Waals surface area contributed by atoms with Crippen LogP contribution in [-0.2, 0) is 0 Å². The fourth-order valence-electron chi connectivity index (χ4n) is 1.03. The van der Waals surface area contributed by atoms with E-state index in [-0.39, 0.29) is 0 Å². The zero-order valence-electron chi connectivity index (χ0n) is 6.95. The highest BCUT2D eigenvalue weighted by Gasteiger charge is 1.92. The Morgan fingerprint density at radius 3 is 1.67 bits per heavy atom. The van der Waals surface area contributed by atoms with Crippen LogP contribution in [0.3, 0.4) is 0 Å². The van der Waals surface area contributed by atoms with Crippen molar-refractivity contribution < 1.29 is 0 Å². The van der Waals surface area contributed by atoms with Crippen molar-refractivity contribution in [1.82, 2.24) is 0 Å². The molecular weight excluding hydrogens is 97.1 g/mol. The molecular formula is C8H18Mg. The van der Waals surface area contributed by atoms with Crippen molar-refractivity contribution in [3.8, 4) is 0 Å². The van der Waals surface area contributed by atoms with Crippen LogP contribution in [0.5, 0.6) is 0 Å². The summed E-state index contributed by atoms with van der Waals surface area (Å²) in [4.78, 5) is 0. The zero-order chi connectivity index (χ0) is 6.95. The summed E-state index contributed by atoms with van der Waals surface area (Å²) >= 11 is 0.389. The van der Waals surface area contributed by atoms with E-state index in [4.69, 9.17) is 0 Å². The molecule has 0 saturated carbocycles. The second kappa shape index (κ2) is 8.77. The van der Waals surface area contributed by atoms with Crippen molar-refractivity contribution in [1.29, 1.82) is 0 Å². The first kappa shape index (κ1) is 9.77. The highest BCUT2D eigenvalue weighted by molar-refractivity contribution is 6.35. The molecule has 0 aromatic rings. The van der Waals surface area contributed by atoms with E-state index >= 15 is 0 Å². The maximum Gasteiger partial charge on any atom is 0.364 e. The number of unbranched alkanes of at least 4 members (excludes halogenated alkanes) is 2. The lowest BCUT2D eigenvalue weighted by Crippen LogP contribution is -1.87. The van der Waals surface area contributed by atoms with Crippen LogP contribution >= 0.6 is 0 Å². The lowest BCUT2D eigenvalue weighted by Gasteiger charge is -1.93. The van der Waals surface area contributed by atoms with Crippen LogP contribution in [0.2, 0.25) is 9.10 Å². The molecule has 0 aliphatic heterocycles. The molecule has 0 saturated heterocycles. The van der Waals surface area contributed by atoms with E-state index < -0.39 is 0 Å². The van der Waals surface area contributed by atoms with E-state index in [0.717, 1.165) is 0 Å². The first-order valence-electron chi connectivity index (χ1n) is 4.41. The van der Waals surface area contributed by atoms with Gasteiger partial charge >= 0.3 is 20.4 Å². The van der Waals surface area contributed by atoms with Crippen molar-refractivity contribution in [2.75, 3.05) is 0 Å². The molecule has 0 aliphatic carbocycles. The molecule has 0 rings (SSSR count). The smallest absolute Gasteiger partial charge is 0.146 e. The molecule has 0 aliphatic rings. The molecule has 9 heavy (non-hydrogen) atoms. The summed E-state index contributed by atoms with van der Waals surface area (Å²) in [7, 11) is 0.